The maximum absolute atomic E-state index is 11.7. The molecule has 0 aromatic carbocycles. The third kappa shape index (κ3) is 6.31. The first kappa shape index (κ1) is 15.1. The lowest BCUT2D eigenvalue weighted by molar-refractivity contribution is 0.259. The van der Waals surface area contributed by atoms with Crippen molar-refractivity contribution in [2.24, 2.45) is 5.92 Å². The van der Waals surface area contributed by atoms with Crippen molar-refractivity contribution in [2.45, 2.75) is 39.5 Å². The molecule has 0 amide bonds. The highest BCUT2D eigenvalue weighted by Crippen LogP contribution is 2.41. The second-order valence-electron chi connectivity index (χ2n) is 3.64. The van der Waals surface area contributed by atoms with Crippen molar-refractivity contribution in [3.05, 3.63) is 0 Å². The summed E-state index contributed by atoms with van der Waals surface area (Å²) in [7, 11) is -0.244. The molecule has 15 heavy (non-hydrogen) atoms. The van der Waals surface area contributed by atoms with Gasteiger partial charge in [-0.25, -0.2) is 9.65 Å². The van der Waals surface area contributed by atoms with E-state index in [2.05, 4.69) is 18.9 Å². The minimum absolute atomic E-state index is 0.545. The molecule has 0 spiro atoms. The number of hydrogen-bond acceptors (Lipinski definition) is 3. The number of hydrogen-bond donors (Lipinski definition) is 1. The largest absolute Gasteiger partial charge is 0.404 e. The van der Waals surface area contributed by atoms with E-state index in [1.54, 1.807) is 0 Å². The Labute approximate surface area is 93.3 Å². The zero-order valence-corrected chi connectivity index (χ0v) is 11.2. The molecule has 5 heteroatoms. The van der Waals surface area contributed by atoms with Gasteiger partial charge in [-0.15, -0.1) is 0 Å². The molecule has 4 nitrogen and oxygen atoms in total. The second-order valence-corrected chi connectivity index (χ2v) is 5.68. The van der Waals surface area contributed by atoms with Crippen molar-refractivity contribution in [3.8, 4) is 0 Å². The molecule has 0 aliphatic carbocycles. The van der Waals surface area contributed by atoms with E-state index in [4.69, 9.17) is 9.05 Å². The molecule has 0 saturated heterocycles. The minimum Gasteiger partial charge on any atom is -0.300 e. The van der Waals surface area contributed by atoms with E-state index in [9.17, 15) is 4.57 Å². The molecule has 0 rings (SSSR count). The smallest absolute Gasteiger partial charge is 0.300 e. The highest BCUT2D eigenvalue weighted by Gasteiger charge is 2.21. The fraction of sp³-hybridized carbons (Fsp3) is 1.00. The second kappa shape index (κ2) is 8.28. The van der Waals surface area contributed by atoms with Crippen LogP contribution in [-0.4, -0.2) is 20.8 Å². The first-order chi connectivity index (χ1) is 7.11. The average Bonchev–Trinajstić information content (AvgIpc) is 2.29. The summed E-state index contributed by atoms with van der Waals surface area (Å²) in [5, 5.41) is 2.87. The lowest BCUT2D eigenvalue weighted by atomic mass is 10.00. The fourth-order valence-electron chi connectivity index (χ4n) is 1.39. The maximum atomic E-state index is 11.7. The van der Waals surface area contributed by atoms with Gasteiger partial charge in [0.2, 0.25) is 0 Å². The van der Waals surface area contributed by atoms with Crippen molar-refractivity contribution in [1.29, 1.82) is 0 Å². The molecular weight excluding hydrogens is 213 g/mol. The van der Waals surface area contributed by atoms with Crippen LogP contribution in [0.4, 0.5) is 0 Å². The lowest BCUT2D eigenvalue weighted by Crippen LogP contribution is -2.21. The van der Waals surface area contributed by atoms with Crippen LogP contribution >= 0.6 is 7.75 Å². The van der Waals surface area contributed by atoms with Gasteiger partial charge in [0.1, 0.15) is 0 Å². The predicted molar refractivity (Wildman–Crippen MR) is 62.9 cm³/mol. The van der Waals surface area contributed by atoms with Crippen molar-refractivity contribution < 1.29 is 13.6 Å². The van der Waals surface area contributed by atoms with Crippen LogP contribution in [0, 0.1) is 5.92 Å². The Morgan fingerprint density at radius 2 is 1.87 bits per heavy atom. The van der Waals surface area contributed by atoms with Gasteiger partial charge in [0, 0.05) is 20.8 Å². The Balaban J connectivity index is 3.93. The molecular formula is C10H24NO3P. The van der Waals surface area contributed by atoms with E-state index in [1.165, 1.54) is 27.1 Å². The van der Waals surface area contributed by atoms with E-state index in [0.29, 0.717) is 12.5 Å². The Morgan fingerprint density at radius 1 is 1.27 bits per heavy atom. The lowest BCUT2D eigenvalue weighted by Gasteiger charge is -2.19. The van der Waals surface area contributed by atoms with Crippen LogP contribution < -0.4 is 5.09 Å². The highest BCUT2D eigenvalue weighted by molar-refractivity contribution is 7.51. The molecule has 1 atom stereocenters. The Morgan fingerprint density at radius 3 is 2.27 bits per heavy atom. The number of unbranched alkanes of at least 4 members (excludes halogenated alkanes) is 1. The summed E-state index contributed by atoms with van der Waals surface area (Å²) in [6.07, 6.45) is 4.65. The zero-order chi connectivity index (χ0) is 11.7. The van der Waals surface area contributed by atoms with Crippen LogP contribution in [-0.2, 0) is 13.6 Å². The van der Waals surface area contributed by atoms with Crippen molar-refractivity contribution in [3.63, 3.8) is 0 Å². The van der Waals surface area contributed by atoms with Gasteiger partial charge in [-0.2, -0.15) is 0 Å². The third-order valence-electron chi connectivity index (χ3n) is 2.60. The third-order valence-corrected chi connectivity index (χ3v) is 4.13. The molecule has 0 saturated carbocycles. The van der Waals surface area contributed by atoms with Gasteiger partial charge in [-0.1, -0.05) is 33.1 Å². The first-order valence-electron chi connectivity index (χ1n) is 5.58. The SMILES string of the molecule is CCCC[C@@H](CC)CNP(=O)(OC)OC. The quantitative estimate of drug-likeness (QED) is 0.625. The van der Waals surface area contributed by atoms with Gasteiger partial charge < -0.3 is 9.05 Å². The highest BCUT2D eigenvalue weighted by atomic mass is 31.2. The first-order valence-corrected chi connectivity index (χ1v) is 7.12. The molecule has 1 N–H and O–H groups in total. The molecule has 0 bridgehead atoms. The maximum Gasteiger partial charge on any atom is 0.404 e. The average molecular weight is 237 g/mol. The van der Waals surface area contributed by atoms with Gasteiger partial charge in [0.25, 0.3) is 0 Å². The summed E-state index contributed by atoms with van der Waals surface area (Å²) >= 11 is 0. The molecule has 0 aromatic heterocycles. The fourth-order valence-corrected chi connectivity index (χ4v) is 2.28. The summed E-state index contributed by atoms with van der Waals surface area (Å²) in [6, 6.07) is 0. The van der Waals surface area contributed by atoms with Gasteiger partial charge >= 0.3 is 7.75 Å². The molecule has 0 aliphatic rings. The summed E-state index contributed by atoms with van der Waals surface area (Å²) in [5.74, 6) is 0.545. The summed E-state index contributed by atoms with van der Waals surface area (Å²) < 4.78 is 21.3. The molecule has 0 radical (unpaired) electrons. The van der Waals surface area contributed by atoms with E-state index >= 15 is 0 Å². The molecule has 0 aromatic rings. The standard InChI is InChI=1S/C10H24NO3P/c1-5-7-8-10(6-2)9-11-15(12,13-3)14-4/h10H,5-9H2,1-4H3,(H,11,12)/t10-/m1/s1. The summed E-state index contributed by atoms with van der Waals surface area (Å²) in [5.41, 5.74) is 0. The van der Waals surface area contributed by atoms with Crippen LogP contribution in [0.15, 0.2) is 0 Å². The molecule has 0 unspecified atom stereocenters. The van der Waals surface area contributed by atoms with Crippen LogP contribution in [0.1, 0.15) is 39.5 Å². The minimum atomic E-state index is -3.03. The summed E-state index contributed by atoms with van der Waals surface area (Å²) in [6.45, 7) is 5.01. The molecule has 0 heterocycles. The molecule has 92 valence electrons. The normalized spacial score (nSPS) is 14.1. The van der Waals surface area contributed by atoms with Gasteiger partial charge in [0.05, 0.1) is 0 Å². The molecule has 0 aliphatic heterocycles. The predicted octanol–water partition coefficient (Wildman–Crippen LogP) is 3.19. The Bertz CT molecular complexity index is 191. The van der Waals surface area contributed by atoms with Crippen LogP contribution in [0.5, 0.6) is 0 Å². The van der Waals surface area contributed by atoms with Crippen molar-refractivity contribution >= 4 is 7.75 Å². The van der Waals surface area contributed by atoms with E-state index in [0.717, 1.165) is 12.8 Å². The zero-order valence-electron chi connectivity index (χ0n) is 10.3. The van der Waals surface area contributed by atoms with Crippen molar-refractivity contribution in [2.75, 3.05) is 20.8 Å². The Kier molecular flexibility index (Phi) is 8.34. The van der Waals surface area contributed by atoms with Gasteiger partial charge in [-0.3, -0.25) is 0 Å². The number of rotatable bonds is 9. The van der Waals surface area contributed by atoms with E-state index in [-0.39, 0.29) is 0 Å². The van der Waals surface area contributed by atoms with Gasteiger partial charge in [-0.05, 0) is 12.3 Å². The monoisotopic (exact) mass is 237 g/mol. The number of nitrogens with one attached hydrogen (secondary N) is 1. The van der Waals surface area contributed by atoms with E-state index in [1.807, 2.05) is 0 Å². The Hall–Kier alpha value is 0.110. The topological polar surface area (TPSA) is 47.6 Å². The molecule has 0 fully saturated rings. The van der Waals surface area contributed by atoms with Gasteiger partial charge in [0.15, 0.2) is 0 Å². The van der Waals surface area contributed by atoms with Crippen LogP contribution in [0.25, 0.3) is 0 Å². The summed E-state index contributed by atoms with van der Waals surface area (Å²) in [4.78, 5) is 0. The van der Waals surface area contributed by atoms with Crippen LogP contribution in [0.3, 0.4) is 0 Å². The van der Waals surface area contributed by atoms with E-state index < -0.39 is 7.75 Å². The van der Waals surface area contributed by atoms with Crippen molar-refractivity contribution in [1.82, 2.24) is 5.09 Å². The van der Waals surface area contributed by atoms with Crippen LogP contribution in [0.2, 0.25) is 0 Å².